The summed E-state index contributed by atoms with van der Waals surface area (Å²) in [7, 11) is -4.74. The van der Waals surface area contributed by atoms with Crippen molar-refractivity contribution in [1.82, 2.24) is 9.55 Å². The number of nitrogens with zero attached hydrogens (tertiary/aromatic N) is 2. The fraction of sp³-hybridized carbons (Fsp3) is 0.556. The molecule has 1 aromatic heterocycles. The number of carbonyl (C=O) groups excluding carboxylic acids is 1. The average Bonchev–Trinajstić information content (AvgIpc) is 3.02. The van der Waals surface area contributed by atoms with Gasteiger partial charge >= 0.3 is 13.8 Å². The molecule has 6 N–H and O–H groups in total. The van der Waals surface area contributed by atoms with Crippen LogP contribution in [0.2, 0.25) is 0 Å². The van der Waals surface area contributed by atoms with Gasteiger partial charge in [0.2, 0.25) is 0 Å². The molecule has 12 nitrogen and oxygen atoms in total. The SMILES string of the molecule is NOC(=O)c1cn(C2O[C@H](COP(=O)(O)O)[C@@H](O)[C@H]2O)cn1. The van der Waals surface area contributed by atoms with Crippen LogP contribution in [0.3, 0.4) is 0 Å². The Morgan fingerprint density at radius 3 is 2.73 bits per heavy atom. The predicted molar refractivity (Wildman–Crippen MR) is 65.7 cm³/mol. The second kappa shape index (κ2) is 6.40. The molecule has 0 radical (unpaired) electrons. The third-order valence-electron chi connectivity index (χ3n) is 2.96. The Hall–Kier alpha value is -1.37. The number of phosphoric ester groups is 1. The number of nitrogens with two attached hydrogens (primary N) is 1. The van der Waals surface area contributed by atoms with E-state index in [1.165, 1.54) is 10.8 Å². The molecule has 22 heavy (non-hydrogen) atoms. The van der Waals surface area contributed by atoms with E-state index in [9.17, 15) is 19.6 Å². The van der Waals surface area contributed by atoms with Crippen molar-refractivity contribution in [3.05, 3.63) is 18.2 Å². The van der Waals surface area contributed by atoms with E-state index in [1.54, 1.807) is 0 Å². The molecular weight excluding hydrogens is 325 g/mol. The van der Waals surface area contributed by atoms with E-state index in [4.69, 9.17) is 20.4 Å². The Bertz CT molecular complexity index is 587. The van der Waals surface area contributed by atoms with Crippen LogP contribution in [0.15, 0.2) is 12.5 Å². The van der Waals surface area contributed by atoms with E-state index in [2.05, 4.69) is 14.3 Å². The van der Waals surface area contributed by atoms with Gasteiger partial charge in [0.15, 0.2) is 11.9 Å². The van der Waals surface area contributed by atoms with Gasteiger partial charge in [0.05, 0.1) is 12.9 Å². The highest BCUT2D eigenvalue weighted by Gasteiger charge is 2.44. The van der Waals surface area contributed by atoms with Crippen LogP contribution < -0.4 is 5.90 Å². The van der Waals surface area contributed by atoms with Crippen LogP contribution in [0.1, 0.15) is 16.7 Å². The second-order valence-electron chi connectivity index (χ2n) is 4.44. The first-order chi connectivity index (χ1) is 10.2. The number of aliphatic hydroxyl groups excluding tert-OH is 2. The standard InChI is InChI=1S/C9H14N3O9P/c10-21-9(15)4-1-12(3-11-4)8-7(14)6(13)5(20-8)2-19-22(16,17)18/h1,3,5-8,13-14H,2,10H2,(H2,16,17,18)/t5-,6-,7-,8?/m1/s1. The van der Waals surface area contributed by atoms with Gasteiger partial charge in [-0.25, -0.2) is 14.3 Å². The number of hydrogen-bond acceptors (Lipinski definition) is 9. The molecule has 2 rings (SSSR count). The summed E-state index contributed by atoms with van der Waals surface area (Å²) < 4.78 is 21.3. The van der Waals surface area contributed by atoms with E-state index < -0.39 is 44.9 Å². The quantitative estimate of drug-likeness (QED) is 0.285. The molecule has 1 aliphatic rings. The van der Waals surface area contributed by atoms with Crippen LogP contribution >= 0.6 is 7.82 Å². The van der Waals surface area contributed by atoms with Crippen molar-refractivity contribution in [2.24, 2.45) is 5.90 Å². The molecule has 0 aliphatic carbocycles. The molecule has 1 aliphatic heterocycles. The highest BCUT2D eigenvalue weighted by molar-refractivity contribution is 7.46. The highest BCUT2D eigenvalue weighted by Crippen LogP contribution is 2.38. The van der Waals surface area contributed by atoms with Gasteiger partial charge in [-0.2, -0.15) is 5.90 Å². The van der Waals surface area contributed by atoms with Gasteiger partial charge in [-0.3, -0.25) is 4.52 Å². The van der Waals surface area contributed by atoms with Gasteiger partial charge in [0, 0.05) is 6.20 Å². The maximum Gasteiger partial charge on any atom is 0.469 e. The van der Waals surface area contributed by atoms with Crippen molar-refractivity contribution in [1.29, 1.82) is 0 Å². The van der Waals surface area contributed by atoms with Crippen LogP contribution in [0.4, 0.5) is 0 Å². The third-order valence-corrected chi connectivity index (χ3v) is 3.44. The van der Waals surface area contributed by atoms with Gasteiger partial charge < -0.3 is 34.1 Å². The Labute approximate surface area is 123 Å². The molecule has 0 spiro atoms. The van der Waals surface area contributed by atoms with Gasteiger partial charge in [0.1, 0.15) is 18.3 Å². The summed E-state index contributed by atoms with van der Waals surface area (Å²) in [5.41, 5.74) is -0.150. The van der Waals surface area contributed by atoms with Crippen LogP contribution in [0.25, 0.3) is 0 Å². The molecular formula is C9H14N3O9P. The van der Waals surface area contributed by atoms with Crippen LogP contribution in [-0.4, -0.2) is 60.4 Å². The zero-order valence-electron chi connectivity index (χ0n) is 10.9. The van der Waals surface area contributed by atoms with Crippen molar-refractivity contribution in [2.45, 2.75) is 24.5 Å². The van der Waals surface area contributed by atoms with Crippen molar-refractivity contribution in [2.75, 3.05) is 6.61 Å². The molecule has 2 heterocycles. The maximum absolute atomic E-state index is 11.2. The number of aliphatic hydroxyl groups is 2. The van der Waals surface area contributed by atoms with Gasteiger partial charge in [0.25, 0.3) is 0 Å². The number of aromatic nitrogens is 2. The number of phosphoric acid groups is 1. The molecule has 1 unspecified atom stereocenters. The number of ether oxygens (including phenoxy) is 1. The fourth-order valence-corrected chi connectivity index (χ4v) is 2.27. The normalized spacial score (nSPS) is 28.8. The van der Waals surface area contributed by atoms with Gasteiger partial charge in [-0.05, 0) is 0 Å². The minimum Gasteiger partial charge on any atom is -0.387 e. The van der Waals surface area contributed by atoms with Gasteiger partial charge in [-0.1, -0.05) is 0 Å². The molecule has 0 amide bonds. The molecule has 4 atom stereocenters. The maximum atomic E-state index is 11.2. The zero-order valence-corrected chi connectivity index (χ0v) is 11.8. The highest BCUT2D eigenvalue weighted by atomic mass is 31.2. The Morgan fingerprint density at radius 2 is 2.14 bits per heavy atom. The molecule has 0 bridgehead atoms. The number of rotatable bonds is 5. The summed E-state index contributed by atoms with van der Waals surface area (Å²) in [5, 5.41) is 19.7. The summed E-state index contributed by atoms with van der Waals surface area (Å²) in [6.45, 7) is -0.634. The number of imidazole rings is 1. The lowest BCUT2D eigenvalue weighted by Gasteiger charge is -2.15. The topological polar surface area (TPSA) is 187 Å². The molecule has 0 saturated carbocycles. The van der Waals surface area contributed by atoms with E-state index in [0.29, 0.717) is 0 Å². The van der Waals surface area contributed by atoms with Crippen molar-refractivity contribution >= 4 is 13.8 Å². The summed E-state index contributed by atoms with van der Waals surface area (Å²) in [5.74, 6) is 3.80. The Morgan fingerprint density at radius 1 is 1.45 bits per heavy atom. The molecule has 1 fully saturated rings. The predicted octanol–water partition coefficient (Wildman–Crippen LogP) is -2.36. The first-order valence-electron chi connectivity index (χ1n) is 5.89. The summed E-state index contributed by atoms with van der Waals surface area (Å²) in [6.07, 6.45) is -2.89. The Balaban J connectivity index is 2.08. The minimum atomic E-state index is -4.74. The summed E-state index contributed by atoms with van der Waals surface area (Å²) in [4.78, 5) is 36.1. The van der Waals surface area contributed by atoms with E-state index in [1.807, 2.05) is 0 Å². The first kappa shape index (κ1) is 17.0. The van der Waals surface area contributed by atoms with Crippen molar-refractivity contribution < 1.29 is 43.5 Å². The number of carbonyl (C=O) groups is 1. The molecule has 1 aromatic rings. The van der Waals surface area contributed by atoms with Crippen LogP contribution in [0.5, 0.6) is 0 Å². The first-order valence-corrected chi connectivity index (χ1v) is 7.42. The third kappa shape index (κ3) is 3.69. The van der Waals surface area contributed by atoms with E-state index in [-0.39, 0.29) is 5.69 Å². The molecule has 13 heteroatoms. The van der Waals surface area contributed by atoms with Gasteiger partial charge in [-0.15, -0.1) is 0 Å². The molecule has 1 saturated heterocycles. The largest absolute Gasteiger partial charge is 0.469 e. The fourth-order valence-electron chi connectivity index (χ4n) is 1.93. The zero-order chi connectivity index (χ0) is 16.5. The van der Waals surface area contributed by atoms with Crippen LogP contribution in [-0.2, 0) is 18.7 Å². The summed E-state index contributed by atoms with van der Waals surface area (Å²) >= 11 is 0. The van der Waals surface area contributed by atoms with Crippen molar-refractivity contribution in [3.8, 4) is 0 Å². The second-order valence-corrected chi connectivity index (χ2v) is 5.68. The van der Waals surface area contributed by atoms with E-state index >= 15 is 0 Å². The smallest absolute Gasteiger partial charge is 0.387 e. The molecule has 124 valence electrons. The lowest BCUT2D eigenvalue weighted by atomic mass is 10.1. The Kier molecular flexibility index (Phi) is 4.94. The van der Waals surface area contributed by atoms with E-state index in [0.717, 1.165) is 6.33 Å². The minimum absolute atomic E-state index is 0.150. The van der Waals surface area contributed by atoms with Crippen LogP contribution in [0, 0.1) is 0 Å². The lowest BCUT2D eigenvalue weighted by Crippen LogP contribution is -2.33. The lowest BCUT2D eigenvalue weighted by molar-refractivity contribution is -0.0521. The monoisotopic (exact) mass is 339 g/mol. The van der Waals surface area contributed by atoms with Crippen molar-refractivity contribution in [3.63, 3.8) is 0 Å². The molecule has 0 aromatic carbocycles. The average molecular weight is 339 g/mol. The summed E-state index contributed by atoms with van der Waals surface area (Å²) in [6, 6.07) is 0. The number of hydrogen-bond donors (Lipinski definition) is 5.